The Labute approximate surface area is 115 Å². The van der Waals surface area contributed by atoms with Crippen molar-refractivity contribution in [3.63, 3.8) is 0 Å². The summed E-state index contributed by atoms with van der Waals surface area (Å²) in [7, 11) is 0. The van der Waals surface area contributed by atoms with E-state index in [1.165, 1.54) is 18.2 Å². The van der Waals surface area contributed by atoms with Crippen molar-refractivity contribution in [1.29, 1.82) is 5.26 Å². The molecule has 2 N–H and O–H groups in total. The van der Waals surface area contributed by atoms with Crippen LogP contribution in [0.1, 0.15) is 29.3 Å². The number of nitrogens with zero attached hydrogens (tertiary/aromatic N) is 1. The van der Waals surface area contributed by atoms with Gasteiger partial charge in [0.2, 0.25) is 0 Å². The molecule has 0 aliphatic rings. The van der Waals surface area contributed by atoms with E-state index in [2.05, 4.69) is 0 Å². The fourth-order valence-corrected chi connectivity index (χ4v) is 1.48. The first-order valence-corrected chi connectivity index (χ1v) is 5.85. The molecule has 6 nitrogen and oxygen atoms in total. The van der Waals surface area contributed by atoms with E-state index in [0.29, 0.717) is 6.42 Å². The van der Waals surface area contributed by atoms with Gasteiger partial charge in [0.1, 0.15) is 23.0 Å². The third-order valence-electron chi connectivity index (χ3n) is 2.37. The highest BCUT2D eigenvalue weighted by atomic mass is 16.5. The van der Waals surface area contributed by atoms with Crippen LogP contribution in [0.5, 0.6) is 5.75 Å². The van der Waals surface area contributed by atoms with E-state index in [1.54, 1.807) is 13.0 Å². The Morgan fingerprint density at radius 1 is 1.45 bits per heavy atom. The molecule has 0 atom stereocenters. The minimum Gasteiger partial charge on any atom is -0.507 e. The minimum atomic E-state index is -1.35. The van der Waals surface area contributed by atoms with Crippen LogP contribution < -0.4 is 0 Å². The number of carboxylic acid groups (broad SMARTS) is 1. The van der Waals surface area contributed by atoms with Crippen LogP contribution in [0, 0.1) is 11.3 Å². The highest BCUT2D eigenvalue weighted by molar-refractivity contribution is 6.01. The number of carboxylic acids is 1. The zero-order valence-electron chi connectivity index (χ0n) is 10.8. The van der Waals surface area contributed by atoms with Crippen LogP contribution in [0.4, 0.5) is 0 Å². The van der Waals surface area contributed by atoms with Crippen molar-refractivity contribution < 1.29 is 24.5 Å². The molecular formula is C14H13NO5. The van der Waals surface area contributed by atoms with Gasteiger partial charge >= 0.3 is 11.9 Å². The maximum atomic E-state index is 11.6. The molecule has 0 aliphatic heterocycles. The number of hydrogen-bond acceptors (Lipinski definition) is 5. The molecule has 1 rings (SSSR count). The van der Waals surface area contributed by atoms with Crippen molar-refractivity contribution >= 4 is 18.0 Å². The van der Waals surface area contributed by atoms with Crippen LogP contribution >= 0.6 is 0 Å². The van der Waals surface area contributed by atoms with E-state index in [0.717, 1.165) is 6.08 Å². The zero-order chi connectivity index (χ0) is 15.1. The SMILES string of the molecule is CCCOC(=O)/C(C#N)=C/c1cccc(O)c1C(=O)O. The summed E-state index contributed by atoms with van der Waals surface area (Å²) in [6, 6.07) is 5.67. The molecule has 0 unspecified atom stereocenters. The van der Waals surface area contributed by atoms with E-state index in [9.17, 15) is 14.7 Å². The molecule has 0 radical (unpaired) electrons. The number of ether oxygens (including phenoxy) is 1. The molecule has 0 saturated carbocycles. The topological polar surface area (TPSA) is 108 Å². The molecule has 104 valence electrons. The summed E-state index contributed by atoms with van der Waals surface area (Å²) in [5.41, 5.74) is -0.641. The summed E-state index contributed by atoms with van der Waals surface area (Å²) < 4.78 is 4.81. The molecule has 0 amide bonds. The Bertz CT molecular complexity index is 598. The fraction of sp³-hybridized carbons (Fsp3) is 0.214. The van der Waals surface area contributed by atoms with Gasteiger partial charge in [-0.1, -0.05) is 19.1 Å². The second kappa shape index (κ2) is 6.95. The van der Waals surface area contributed by atoms with Crippen molar-refractivity contribution in [2.24, 2.45) is 0 Å². The van der Waals surface area contributed by atoms with Crippen molar-refractivity contribution in [2.75, 3.05) is 6.61 Å². The van der Waals surface area contributed by atoms with Crippen LogP contribution in [-0.4, -0.2) is 28.8 Å². The summed E-state index contributed by atoms with van der Waals surface area (Å²) in [5, 5.41) is 27.5. The van der Waals surface area contributed by atoms with Crippen molar-refractivity contribution in [1.82, 2.24) is 0 Å². The zero-order valence-corrected chi connectivity index (χ0v) is 10.8. The predicted molar refractivity (Wildman–Crippen MR) is 69.9 cm³/mol. The standard InChI is InChI=1S/C14H13NO5/c1-2-6-20-14(19)10(8-15)7-9-4-3-5-11(16)12(9)13(17)18/h3-5,7,16H,2,6H2,1H3,(H,17,18)/b10-7+. The molecule has 0 aromatic heterocycles. The summed E-state index contributed by atoms with van der Waals surface area (Å²) >= 11 is 0. The Kier molecular flexibility index (Phi) is 5.30. The summed E-state index contributed by atoms with van der Waals surface area (Å²) in [4.78, 5) is 22.6. The summed E-state index contributed by atoms with van der Waals surface area (Å²) in [6.07, 6.45) is 1.69. The lowest BCUT2D eigenvalue weighted by atomic mass is 10.0. The number of rotatable bonds is 5. The van der Waals surface area contributed by atoms with Gasteiger partial charge in [-0.25, -0.2) is 9.59 Å². The average Bonchev–Trinajstić information content (AvgIpc) is 2.41. The third-order valence-corrected chi connectivity index (χ3v) is 2.37. The first kappa shape index (κ1) is 15.2. The molecule has 0 bridgehead atoms. The van der Waals surface area contributed by atoms with Gasteiger partial charge in [0.15, 0.2) is 0 Å². The van der Waals surface area contributed by atoms with Crippen molar-refractivity contribution in [3.05, 3.63) is 34.9 Å². The molecule has 0 spiro atoms. The summed E-state index contributed by atoms with van der Waals surface area (Å²) in [5.74, 6) is -2.62. The predicted octanol–water partition coefficient (Wildman–Crippen LogP) is 1.95. The average molecular weight is 275 g/mol. The first-order valence-electron chi connectivity index (χ1n) is 5.85. The number of hydrogen-bond donors (Lipinski definition) is 2. The molecule has 20 heavy (non-hydrogen) atoms. The van der Waals surface area contributed by atoms with Gasteiger partial charge in [0.25, 0.3) is 0 Å². The second-order valence-electron chi connectivity index (χ2n) is 3.85. The Morgan fingerprint density at radius 2 is 2.15 bits per heavy atom. The third kappa shape index (κ3) is 3.59. The maximum absolute atomic E-state index is 11.6. The van der Waals surface area contributed by atoms with Gasteiger partial charge in [-0.15, -0.1) is 0 Å². The maximum Gasteiger partial charge on any atom is 0.348 e. The molecular weight excluding hydrogens is 262 g/mol. The number of benzene rings is 1. The van der Waals surface area contributed by atoms with Crippen LogP contribution in [-0.2, 0) is 9.53 Å². The van der Waals surface area contributed by atoms with Gasteiger partial charge in [-0.3, -0.25) is 0 Å². The van der Waals surface area contributed by atoms with Crippen LogP contribution in [0.3, 0.4) is 0 Å². The number of carbonyl (C=O) groups excluding carboxylic acids is 1. The summed E-state index contributed by atoms with van der Waals surface area (Å²) in [6.45, 7) is 1.98. The molecule has 0 heterocycles. The Balaban J connectivity index is 3.21. The van der Waals surface area contributed by atoms with Crippen molar-refractivity contribution in [3.8, 4) is 11.8 Å². The number of aromatic hydroxyl groups is 1. The Hall–Kier alpha value is -2.81. The molecule has 1 aromatic rings. The van der Waals surface area contributed by atoms with E-state index in [1.807, 2.05) is 0 Å². The molecule has 1 aromatic carbocycles. The molecule has 0 aliphatic carbocycles. The van der Waals surface area contributed by atoms with E-state index in [4.69, 9.17) is 15.1 Å². The van der Waals surface area contributed by atoms with Gasteiger partial charge in [0.05, 0.1) is 6.61 Å². The van der Waals surface area contributed by atoms with Gasteiger partial charge in [-0.2, -0.15) is 5.26 Å². The van der Waals surface area contributed by atoms with Crippen LogP contribution in [0.2, 0.25) is 0 Å². The second-order valence-corrected chi connectivity index (χ2v) is 3.85. The normalized spacial score (nSPS) is 10.7. The molecule has 0 saturated heterocycles. The molecule has 0 fully saturated rings. The quantitative estimate of drug-likeness (QED) is 0.483. The van der Waals surface area contributed by atoms with Crippen LogP contribution in [0.15, 0.2) is 23.8 Å². The van der Waals surface area contributed by atoms with E-state index < -0.39 is 17.7 Å². The smallest absolute Gasteiger partial charge is 0.348 e. The van der Waals surface area contributed by atoms with Crippen molar-refractivity contribution in [2.45, 2.75) is 13.3 Å². The number of carbonyl (C=O) groups is 2. The minimum absolute atomic E-state index is 0.0579. The van der Waals surface area contributed by atoms with Gasteiger partial charge in [-0.05, 0) is 24.1 Å². The first-order chi connectivity index (χ1) is 9.51. The van der Waals surface area contributed by atoms with E-state index >= 15 is 0 Å². The number of nitriles is 1. The number of aromatic carboxylic acids is 1. The van der Waals surface area contributed by atoms with Gasteiger partial charge in [0, 0.05) is 0 Å². The number of esters is 1. The molecule has 6 heteroatoms. The lowest BCUT2D eigenvalue weighted by Crippen LogP contribution is -2.08. The van der Waals surface area contributed by atoms with Gasteiger partial charge < -0.3 is 14.9 Å². The highest BCUT2D eigenvalue weighted by Gasteiger charge is 2.16. The van der Waals surface area contributed by atoms with Crippen LogP contribution in [0.25, 0.3) is 6.08 Å². The van der Waals surface area contributed by atoms with E-state index in [-0.39, 0.29) is 23.3 Å². The lowest BCUT2D eigenvalue weighted by molar-refractivity contribution is -0.138. The highest BCUT2D eigenvalue weighted by Crippen LogP contribution is 2.23. The lowest BCUT2D eigenvalue weighted by Gasteiger charge is -2.05. The number of phenols is 1. The monoisotopic (exact) mass is 275 g/mol. The fourth-order valence-electron chi connectivity index (χ4n) is 1.48. The largest absolute Gasteiger partial charge is 0.507 e. The Morgan fingerprint density at radius 3 is 2.70 bits per heavy atom.